The fraction of sp³-hybridized carbons (Fsp3) is 0.238. The number of hydrazone groups is 1. The average Bonchev–Trinajstić information content (AvgIpc) is 2.58. The smallest absolute Gasteiger partial charge is 0.147 e. The van der Waals surface area contributed by atoms with Gasteiger partial charge in [-0.3, -0.25) is 5.43 Å². The van der Waals surface area contributed by atoms with E-state index in [1.54, 1.807) is 6.21 Å². The van der Waals surface area contributed by atoms with Crippen LogP contribution in [-0.4, -0.2) is 17.8 Å². The number of pyridine rings is 1. The molecule has 0 bridgehead atoms. The standard InChI is InChI=1S/C21H23N3O/c1-5-25-18-8-6-17(7-9-18)13-22-24-20-12-15(3)19-11-14(2)10-16(4)21(19)23-20/h6-13H,5H2,1-4H3,(H,23,24). The molecule has 25 heavy (non-hydrogen) atoms. The van der Waals surface area contributed by atoms with Gasteiger partial charge in [-0.2, -0.15) is 5.10 Å². The Kier molecular flexibility index (Phi) is 4.98. The minimum absolute atomic E-state index is 0.668. The molecule has 0 aliphatic heterocycles. The van der Waals surface area contributed by atoms with E-state index in [9.17, 15) is 0 Å². The fourth-order valence-electron chi connectivity index (χ4n) is 2.89. The maximum Gasteiger partial charge on any atom is 0.147 e. The molecule has 3 rings (SSSR count). The van der Waals surface area contributed by atoms with Crippen LogP contribution in [0.4, 0.5) is 5.82 Å². The normalized spacial score (nSPS) is 11.2. The van der Waals surface area contributed by atoms with E-state index in [1.165, 1.54) is 22.1 Å². The van der Waals surface area contributed by atoms with Crippen LogP contribution in [-0.2, 0) is 0 Å². The van der Waals surface area contributed by atoms with Gasteiger partial charge >= 0.3 is 0 Å². The highest BCUT2D eigenvalue weighted by Gasteiger charge is 2.05. The molecule has 1 aromatic heterocycles. The van der Waals surface area contributed by atoms with E-state index in [4.69, 9.17) is 9.72 Å². The zero-order valence-corrected chi connectivity index (χ0v) is 15.1. The Morgan fingerprint density at radius 3 is 2.52 bits per heavy atom. The van der Waals surface area contributed by atoms with Gasteiger partial charge in [-0.15, -0.1) is 0 Å². The Bertz CT molecular complexity index is 915. The number of hydrogen-bond donors (Lipinski definition) is 1. The zero-order valence-electron chi connectivity index (χ0n) is 15.1. The second-order valence-corrected chi connectivity index (χ2v) is 6.17. The lowest BCUT2D eigenvalue weighted by Gasteiger charge is -2.09. The number of hydrogen-bond acceptors (Lipinski definition) is 4. The summed E-state index contributed by atoms with van der Waals surface area (Å²) in [7, 11) is 0. The van der Waals surface area contributed by atoms with Gasteiger partial charge in [0.05, 0.1) is 18.3 Å². The van der Waals surface area contributed by atoms with Crippen LogP contribution in [0.25, 0.3) is 10.9 Å². The van der Waals surface area contributed by atoms with Crippen LogP contribution >= 0.6 is 0 Å². The minimum atomic E-state index is 0.668. The molecule has 2 aromatic carbocycles. The molecule has 0 radical (unpaired) electrons. The summed E-state index contributed by atoms with van der Waals surface area (Å²) in [5.74, 6) is 1.62. The Morgan fingerprint density at radius 1 is 1.04 bits per heavy atom. The molecule has 0 atom stereocenters. The van der Waals surface area contributed by atoms with E-state index in [1.807, 2.05) is 37.3 Å². The molecule has 0 saturated carbocycles. The third-order valence-corrected chi connectivity index (χ3v) is 4.04. The van der Waals surface area contributed by atoms with Gasteiger partial charge in [-0.25, -0.2) is 4.98 Å². The summed E-state index contributed by atoms with van der Waals surface area (Å²) in [6.45, 7) is 8.94. The van der Waals surface area contributed by atoms with Crippen molar-refractivity contribution in [2.75, 3.05) is 12.0 Å². The molecule has 0 unspecified atom stereocenters. The van der Waals surface area contributed by atoms with Gasteiger partial charge in [0.15, 0.2) is 0 Å². The predicted octanol–water partition coefficient (Wildman–Crippen LogP) is 5.00. The largest absolute Gasteiger partial charge is 0.494 e. The Labute approximate surface area is 148 Å². The molecule has 1 N–H and O–H groups in total. The number of nitrogens with one attached hydrogen (secondary N) is 1. The van der Waals surface area contributed by atoms with E-state index in [0.717, 1.165) is 22.6 Å². The van der Waals surface area contributed by atoms with Crippen molar-refractivity contribution in [1.82, 2.24) is 4.98 Å². The van der Waals surface area contributed by atoms with Gasteiger partial charge in [-0.1, -0.05) is 11.6 Å². The molecule has 3 aromatic rings. The van der Waals surface area contributed by atoms with E-state index in [-0.39, 0.29) is 0 Å². The molecular weight excluding hydrogens is 310 g/mol. The zero-order chi connectivity index (χ0) is 17.8. The number of anilines is 1. The van der Waals surface area contributed by atoms with Crippen molar-refractivity contribution < 1.29 is 4.74 Å². The lowest BCUT2D eigenvalue weighted by molar-refractivity contribution is 0.340. The molecular formula is C21H23N3O. The quantitative estimate of drug-likeness (QED) is 0.527. The second-order valence-electron chi connectivity index (χ2n) is 6.17. The van der Waals surface area contributed by atoms with Crippen molar-refractivity contribution >= 4 is 22.9 Å². The summed E-state index contributed by atoms with van der Waals surface area (Å²) in [5.41, 5.74) is 8.68. The maximum absolute atomic E-state index is 5.44. The Morgan fingerprint density at radius 2 is 1.80 bits per heavy atom. The predicted molar refractivity (Wildman–Crippen MR) is 105 cm³/mol. The van der Waals surface area contributed by atoms with E-state index in [2.05, 4.69) is 43.4 Å². The highest BCUT2D eigenvalue weighted by Crippen LogP contribution is 2.24. The first kappa shape index (κ1) is 17.0. The summed E-state index contributed by atoms with van der Waals surface area (Å²) in [5, 5.41) is 5.50. The van der Waals surface area contributed by atoms with Gasteiger partial charge in [0, 0.05) is 5.39 Å². The van der Waals surface area contributed by atoms with Crippen molar-refractivity contribution in [3.05, 3.63) is 64.7 Å². The van der Waals surface area contributed by atoms with Crippen molar-refractivity contribution in [3.8, 4) is 5.75 Å². The van der Waals surface area contributed by atoms with Crippen LogP contribution in [0.1, 0.15) is 29.2 Å². The lowest BCUT2D eigenvalue weighted by atomic mass is 10.0. The highest BCUT2D eigenvalue weighted by atomic mass is 16.5. The van der Waals surface area contributed by atoms with Gasteiger partial charge in [0.25, 0.3) is 0 Å². The van der Waals surface area contributed by atoms with Crippen LogP contribution in [0.2, 0.25) is 0 Å². The molecule has 0 fully saturated rings. The monoisotopic (exact) mass is 333 g/mol. The van der Waals surface area contributed by atoms with E-state index in [0.29, 0.717) is 6.61 Å². The molecule has 1 heterocycles. The van der Waals surface area contributed by atoms with Crippen LogP contribution in [0, 0.1) is 20.8 Å². The molecule has 0 saturated heterocycles. The highest BCUT2D eigenvalue weighted by molar-refractivity contribution is 5.87. The van der Waals surface area contributed by atoms with Gasteiger partial charge in [-0.05, 0) is 80.8 Å². The average molecular weight is 333 g/mol. The molecule has 0 aliphatic carbocycles. The number of rotatable bonds is 5. The summed E-state index contributed by atoms with van der Waals surface area (Å²) in [6, 6.07) is 14.2. The third-order valence-electron chi connectivity index (χ3n) is 4.04. The van der Waals surface area contributed by atoms with Crippen molar-refractivity contribution in [2.45, 2.75) is 27.7 Å². The topological polar surface area (TPSA) is 46.5 Å². The molecule has 0 amide bonds. The molecule has 0 spiro atoms. The van der Waals surface area contributed by atoms with Crippen LogP contribution in [0.3, 0.4) is 0 Å². The lowest BCUT2D eigenvalue weighted by Crippen LogP contribution is -1.97. The molecule has 4 heteroatoms. The SMILES string of the molecule is CCOc1ccc(C=NNc2cc(C)c3cc(C)cc(C)c3n2)cc1. The number of benzene rings is 2. The number of aryl methyl sites for hydroxylation is 3. The van der Waals surface area contributed by atoms with E-state index < -0.39 is 0 Å². The summed E-state index contributed by atoms with van der Waals surface area (Å²) < 4.78 is 5.44. The number of fused-ring (bicyclic) bond motifs is 1. The van der Waals surface area contributed by atoms with E-state index >= 15 is 0 Å². The summed E-state index contributed by atoms with van der Waals surface area (Å²) in [6.07, 6.45) is 1.78. The van der Waals surface area contributed by atoms with Gasteiger partial charge in [0.1, 0.15) is 11.6 Å². The van der Waals surface area contributed by atoms with Gasteiger partial charge in [0.2, 0.25) is 0 Å². The second kappa shape index (κ2) is 7.34. The van der Waals surface area contributed by atoms with Gasteiger partial charge < -0.3 is 4.74 Å². The van der Waals surface area contributed by atoms with Crippen LogP contribution < -0.4 is 10.2 Å². The number of aromatic nitrogens is 1. The molecule has 0 aliphatic rings. The third kappa shape index (κ3) is 3.97. The van der Waals surface area contributed by atoms with Crippen LogP contribution in [0.5, 0.6) is 5.75 Å². The summed E-state index contributed by atoms with van der Waals surface area (Å²) in [4.78, 5) is 4.70. The first-order valence-electron chi connectivity index (χ1n) is 8.47. The molecule has 128 valence electrons. The summed E-state index contributed by atoms with van der Waals surface area (Å²) >= 11 is 0. The van der Waals surface area contributed by atoms with Crippen molar-refractivity contribution in [3.63, 3.8) is 0 Å². The first-order valence-corrected chi connectivity index (χ1v) is 8.47. The Balaban J connectivity index is 1.78. The maximum atomic E-state index is 5.44. The number of ether oxygens (including phenoxy) is 1. The van der Waals surface area contributed by atoms with Crippen molar-refractivity contribution in [1.29, 1.82) is 0 Å². The Hall–Kier alpha value is -2.88. The number of nitrogens with zero attached hydrogens (tertiary/aromatic N) is 2. The molecule has 4 nitrogen and oxygen atoms in total. The fourth-order valence-corrected chi connectivity index (χ4v) is 2.89. The first-order chi connectivity index (χ1) is 12.1. The minimum Gasteiger partial charge on any atom is -0.494 e. The van der Waals surface area contributed by atoms with Crippen molar-refractivity contribution in [2.24, 2.45) is 5.10 Å². The van der Waals surface area contributed by atoms with Crippen LogP contribution in [0.15, 0.2) is 47.6 Å².